The molecule has 18 heavy (non-hydrogen) atoms. The zero-order valence-electron chi connectivity index (χ0n) is 10.8. The lowest BCUT2D eigenvalue weighted by Crippen LogP contribution is -2.36. The van der Waals surface area contributed by atoms with E-state index < -0.39 is 0 Å². The summed E-state index contributed by atoms with van der Waals surface area (Å²) >= 11 is 1.59. The number of hydrogen-bond donors (Lipinski definition) is 2. The molecule has 0 saturated heterocycles. The number of aryl methyl sites for hydroxylation is 1. The Morgan fingerprint density at radius 1 is 1.56 bits per heavy atom. The van der Waals surface area contributed by atoms with E-state index in [0.29, 0.717) is 18.9 Å². The van der Waals surface area contributed by atoms with Gasteiger partial charge in [-0.05, 0) is 25.7 Å². The van der Waals surface area contributed by atoms with E-state index in [1.165, 1.54) is 12.8 Å². The van der Waals surface area contributed by atoms with Crippen molar-refractivity contribution < 1.29 is 4.79 Å². The summed E-state index contributed by atoms with van der Waals surface area (Å²) in [7, 11) is 0. The Balaban J connectivity index is 1.74. The first kappa shape index (κ1) is 13.5. The molecule has 3 N–H and O–H groups in total. The van der Waals surface area contributed by atoms with Crippen LogP contribution in [0.3, 0.4) is 0 Å². The highest BCUT2D eigenvalue weighted by molar-refractivity contribution is 7.09. The summed E-state index contributed by atoms with van der Waals surface area (Å²) in [4.78, 5) is 16.2. The summed E-state index contributed by atoms with van der Waals surface area (Å²) in [6.07, 6.45) is 5.12. The first-order valence-corrected chi connectivity index (χ1v) is 7.46. The summed E-state index contributed by atoms with van der Waals surface area (Å²) < 4.78 is 0. The van der Waals surface area contributed by atoms with Gasteiger partial charge in [-0.1, -0.05) is 12.8 Å². The van der Waals surface area contributed by atoms with Crippen molar-refractivity contribution in [3.8, 4) is 0 Å². The fourth-order valence-corrected chi connectivity index (χ4v) is 3.17. The minimum atomic E-state index is 0.102. The average Bonchev–Trinajstić information content (AvgIpc) is 2.76. The number of nitrogens with zero attached hydrogens (tertiary/aromatic N) is 1. The van der Waals surface area contributed by atoms with E-state index in [2.05, 4.69) is 10.3 Å². The predicted octanol–water partition coefficient (Wildman–Crippen LogP) is 1.98. The van der Waals surface area contributed by atoms with Gasteiger partial charge in [-0.15, -0.1) is 11.3 Å². The van der Waals surface area contributed by atoms with Crippen molar-refractivity contribution in [3.05, 3.63) is 16.1 Å². The third-order valence-corrected chi connectivity index (χ3v) is 4.49. The number of nitrogens with one attached hydrogen (secondary N) is 1. The molecule has 1 aromatic rings. The summed E-state index contributed by atoms with van der Waals surface area (Å²) in [6, 6.07) is 0.201. The fourth-order valence-electron chi connectivity index (χ4n) is 2.46. The lowest BCUT2D eigenvalue weighted by molar-refractivity contribution is -0.122. The molecule has 1 aromatic heterocycles. The van der Waals surface area contributed by atoms with Gasteiger partial charge in [0.1, 0.15) is 5.01 Å². The van der Waals surface area contributed by atoms with Crippen molar-refractivity contribution in [1.82, 2.24) is 10.3 Å². The molecule has 2 unspecified atom stereocenters. The number of carbonyl (C=O) groups excluding carboxylic acids is 1. The Kier molecular flexibility index (Phi) is 4.72. The van der Waals surface area contributed by atoms with Crippen molar-refractivity contribution in [1.29, 1.82) is 0 Å². The second-order valence-electron chi connectivity index (χ2n) is 5.07. The maximum Gasteiger partial charge on any atom is 0.220 e. The predicted molar refractivity (Wildman–Crippen MR) is 73.2 cm³/mol. The first-order chi connectivity index (χ1) is 8.65. The van der Waals surface area contributed by atoms with Gasteiger partial charge in [-0.3, -0.25) is 4.79 Å². The summed E-state index contributed by atoms with van der Waals surface area (Å²) in [5, 5.41) is 5.90. The molecule has 1 amide bonds. The van der Waals surface area contributed by atoms with Crippen molar-refractivity contribution in [2.75, 3.05) is 0 Å². The van der Waals surface area contributed by atoms with Crippen molar-refractivity contribution in [3.63, 3.8) is 0 Å². The zero-order chi connectivity index (χ0) is 13.0. The third-order valence-electron chi connectivity index (χ3n) is 3.52. The Hall–Kier alpha value is -0.940. The zero-order valence-corrected chi connectivity index (χ0v) is 11.6. The van der Waals surface area contributed by atoms with Gasteiger partial charge in [0, 0.05) is 23.5 Å². The second-order valence-corrected chi connectivity index (χ2v) is 6.01. The molecule has 1 fully saturated rings. The molecule has 0 spiro atoms. The molecule has 0 radical (unpaired) electrons. The maximum atomic E-state index is 11.8. The molecule has 100 valence electrons. The Labute approximate surface area is 112 Å². The van der Waals surface area contributed by atoms with Crippen LogP contribution in [0.25, 0.3) is 0 Å². The number of nitrogens with two attached hydrogens (primary N) is 1. The number of amides is 1. The Morgan fingerprint density at radius 3 is 3.00 bits per heavy atom. The minimum absolute atomic E-state index is 0.102. The van der Waals surface area contributed by atoms with Crippen LogP contribution in [0.2, 0.25) is 0 Å². The highest BCUT2D eigenvalue weighted by atomic mass is 32.1. The Morgan fingerprint density at radius 2 is 2.33 bits per heavy atom. The van der Waals surface area contributed by atoms with E-state index in [1.54, 1.807) is 11.3 Å². The lowest BCUT2D eigenvalue weighted by Gasteiger charge is -2.27. The van der Waals surface area contributed by atoms with E-state index in [-0.39, 0.29) is 11.9 Å². The van der Waals surface area contributed by atoms with Gasteiger partial charge >= 0.3 is 0 Å². The average molecular weight is 267 g/mol. The SMILES string of the molecule is Cc1csc(CNC(=O)CC2CCCCC2N)n1. The first-order valence-electron chi connectivity index (χ1n) is 6.58. The summed E-state index contributed by atoms with van der Waals surface area (Å²) in [6.45, 7) is 2.50. The molecule has 2 atom stereocenters. The maximum absolute atomic E-state index is 11.8. The normalized spacial score (nSPS) is 23.9. The van der Waals surface area contributed by atoms with Crippen LogP contribution in [0, 0.1) is 12.8 Å². The molecular weight excluding hydrogens is 246 g/mol. The van der Waals surface area contributed by atoms with Crippen LogP contribution in [0.5, 0.6) is 0 Å². The standard InChI is InChI=1S/C13H21N3OS/c1-9-8-18-13(16-9)7-15-12(17)6-10-4-2-3-5-11(10)14/h8,10-11H,2-7,14H2,1H3,(H,15,17). The smallest absolute Gasteiger partial charge is 0.220 e. The van der Waals surface area contributed by atoms with Crippen LogP contribution in [0.15, 0.2) is 5.38 Å². The summed E-state index contributed by atoms with van der Waals surface area (Å²) in [5.41, 5.74) is 7.06. The highest BCUT2D eigenvalue weighted by Gasteiger charge is 2.23. The van der Waals surface area contributed by atoms with Gasteiger partial charge in [-0.2, -0.15) is 0 Å². The molecule has 4 nitrogen and oxygen atoms in total. The van der Waals surface area contributed by atoms with Crippen LogP contribution < -0.4 is 11.1 Å². The van der Waals surface area contributed by atoms with Crippen LogP contribution in [0.4, 0.5) is 0 Å². The minimum Gasteiger partial charge on any atom is -0.350 e. The van der Waals surface area contributed by atoms with Crippen molar-refractivity contribution in [2.45, 2.75) is 51.6 Å². The van der Waals surface area contributed by atoms with Gasteiger partial charge in [0.2, 0.25) is 5.91 Å². The molecule has 0 aliphatic heterocycles. The van der Waals surface area contributed by atoms with Crippen LogP contribution >= 0.6 is 11.3 Å². The lowest BCUT2D eigenvalue weighted by atomic mass is 9.83. The van der Waals surface area contributed by atoms with Gasteiger partial charge < -0.3 is 11.1 Å². The van der Waals surface area contributed by atoms with Crippen LogP contribution in [0.1, 0.15) is 42.8 Å². The number of hydrogen-bond acceptors (Lipinski definition) is 4. The topological polar surface area (TPSA) is 68.0 Å². The van der Waals surface area contributed by atoms with Crippen molar-refractivity contribution >= 4 is 17.2 Å². The molecule has 1 heterocycles. The van der Waals surface area contributed by atoms with Crippen molar-refractivity contribution in [2.24, 2.45) is 11.7 Å². The molecule has 1 saturated carbocycles. The van der Waals surface area contributed by atoms with E-state index in [1.807, 2.05) is 12.3 Å². The number of aromatic nitrogens is 1. The van der Waals surface area contributed by atoms with E-state index in [9.17, 15) is 4.79 Å². The third kappa shape index (κ3) is 3.78. The van der Waals surface area contributed by atoms with Crippen LogP contribution in [-0.2, 0) is 11.3 Å². The van der Waals surface area contributed by atoms with Gasteiger partial charge in [0.25, 0.3) is 0 Å². The van der Waals surface area contributed by atoms with Crippen LogP contribution in [-0.4, -0.2) is 16.9 Å². The number of thiazole rings is 1. The second kappa shape index (κ2) is 6.29. The Bertz CT molecular complexity index is 405. The number of carbonyl (C=O) groups is 1. The molecule has 5 heteroatoms. The van der Waals surface area contributed by atoms with E-state index >= 15 is 0 Å². The molecule has 1 aliphatic carbocycles. The molecule has 0 aromatic carbocycles. The van der Waals surface area contributed by atoms with Gasteiger partial charge in [-0.25, -0.2) is 4.98 Å². The number of rotatable bonds is 4. The van der Waals surface area contributed by atoms with Gasteiger partial charge in [0.15, 0.2) is 0 Å². The van der Waals surface area contributed by atoms with E-state index in [4.69, 9.17) is 5.73 Å². The fraction of sp³-hybridized carbons (Fsp3) is 0.692. The monoisotopic (exact) mass is 267 g/mol. The quantitative estimate of drug-likeness (QED) is 0.876. The summed E-state index contributed by atoms with van der Waals surface area (Å²) in [5.74, 6) is 0.460. The molecule has 0 bridgehead atoms. The molecule has 1 aliphatic rings. The largest absolute Gasteiger partial charge is 0.350 e. The van der Waals surface area contributed by atoms with Gasteiger partial charge in [0.05, 0.1) is 6.54 Å². The van der Waals surface area contributed by atoms with E-state index in [0.717, 1.165) is 23.5 Å². The highest BCUT2D eigenvalue weighted by Crippen LogP contribution is 2.25. The molecular formula is C13H21N3OS. The molecule has 2 rings (SSSR count).